The smallest absolute Gasteiger partial charge is 0.153 e. The number of rotatable bonds is 5. The Morgan fingerprint density at radius 2 is 1.88 bits per heavy atom. The monoisotopic (exact) mass is 366 g/mol. The van der Waals surface area contributed by atoms with Crippen LogP contribution < -0.4 is 0 Å². The van der Waals surface area contributed by atoms with Gasteiger partial charge in [0, 0.05) is 56.1 Å². The third kappa shape index (κ3) is 4.33. The average Bonchev–Trinajstić information content (AvgIpc) is 3.10. The van der Waals surface area contributed by atoms with Crippen LogP contribution in [0.5, 0.6) is 0 Å². The highest BCUT2D eigenvalue weighted by molar-refractivity contribution is 7.91. The van der Waals surface area contributed by atoms with Crippen molar-refractivity contribution in [3.05, 3.63) is 29.6 Å². The molecule has 0 aromatic carbocycles. The van der Waals surface area contributed by atoms with Gasteiger partial charge in [0.05, 0.1) is 17.7 Å². The van der Waals surface area contributed by atoms with E-state index in [9.17, 15) is 8.42 Å². The van der Waals surface area contributed by atoms with Crippen molar-refractivity contribution in [3.63, 3.8) is 0 Å². The number of hydrogen-bond acceptors (Lipinski definition) is 5. The predicted molar refractivity (Wildman–Crippen MR) is 100 cm³/mol. The maximum Gasteiger partial charge on any atom is 0.153 e. The summed E-state index contributed by atoms with van der Waals surface area (Å²) in [4.78, 5) is 4.69. The van der Waals surface area contributed by atoms with Gasteiger partial charge in [0.25, 0.3) is 0 Å². The Kier molecular flexibility index (Phi) is 5.37. The number of nitrogens with zero attached hydrogens (tertiary/aromatic N) is 4. The highest BCUT2D eigenvalue weighted by atomic mass is 32.2. The molecule has 1 aromatic rings. The summed E-state index contributed by atoms with van der Waals surface area (Å²) in [5.74, 6) is 0.567. The van der Waals surface area contributed by atoms with Crippen molar-refractivity contribution in [1.82, 2.24) is 19.6 Å². The van der Waals surface area contributed by atoms with E-state index in [1.165, 1.54) is 5.57 Å². The van der Waals surface area contributed by atoms with Gasteiger partial charge in [0.15, 0.2) is 9.84 Å². The molecule has 0 saturated carbocycles. The molecule has 0 amide bonds. The van der Waals surface area contributed by atoms with E-state index >= 15 is 0 Å². The quantitative estimate of drug-likeness (QED) is 0.743. The van der Waals surface area contributed by atoms with Crippen LogP contribution in [0.4, 0.5) is 0 Å². The molecule has 2 unspecified atom stereocenters. The van der Waals surface area contributed by atoms with Gasteiger partial charge in [-0.3, -0.25) is 14.5 Å². The van der Waals surface area contributed by atoms with Gasteiger partial charge in [0.2, 0.25) is 0 Å². The van der Waals surface area contributed by atoms with Gasteiger partial charge in [-0.25, -0.2) is 8.42 Å². The third-order valence-corrected chi connectivity index (χ3v) is 6.91. The molecular formula is C18H30N4O2S. The molecule has 2 fully saturated rings. The maximum atomic E-state index is 12.3. The van der Waals surface area contributed by atoms with Crippen LogP contribution >= 0.6 is 0 Å². The summed E-state index contributed by atoms with van der Waals surface area (Å²) in [6.07, 6.45) is 6.19. The predicted octanol–water partition coefficient (Wildman–Crippen LogP) is 1.71. The summed E-state index contributed by atoms with van der Waals surface area (Å²) in [7, 11) is -2.96. The average molecular weight is 367 g/mol. The molecule has 0 N–H and O–H groups in total. The summed E-state index contributed by atoms with van der Waals surface area (Å²) in [6, 6.07) is 0.537. The molecule has 0 bridgehead atoms. The Balaban J connectivity index is 1.75. The van der Waals surface area contributed by atoms with Crippen LogP contribution in [0.1, 0.15) is 39.3 Å². The normalized spacial score (nSPS) is 26.8. The molecule has 1 aromatic heterocycles. The Morgan fingerprint density at radius 1 is 1.24 bits per heavy atom. The van der Waals surface area contributed by atoms with Crippen LogP contribution in [0.3, 0.4) is 0 Å². The van der Waals surface area contributed by atoms with E-state index in [0.29, 0.717) is 6.04 Å². The lowest BCUT2D eigenvalue weighted by Crippen LogP contribution is -2.58. The maximum absolute atomic E-state index is 12.3. The highest BCUT2D eigenvalue weighted by Crippen LogP contribution is 2.28. The van der Waals surface area contributed by atoms with E-state index in [-0.39, 0.29) is 23.6 Å². The Labute approximate surface area is 151 Å². The molecule has 2 aliphatic heterocycles. The SMILES string of the molecule is CC(C)=CCN1CCN(Cc2cnn(C(C)C)c2)C2CS(=O)(=O)CC21. The summed E-state index contributed by atoms with van der Waals surface area (Å²) in [6.45, 7) is 11.8. The molecule has 2 atom stereocenters. The van der Waals surface area contributed by atoms with Crippen molar-refractivity contribution < 1.29 is 8.42 Å². The first kappa shape index (κ1) is 18.6. The summed E-state index contributed by atoms with van der Waals surface area (Å²) < 4.78 is 26.5. The first-order valence-corrected chi connectivity index (χ1v) is 10.9. The number of allylic oxidation sites excluding steroid dienone is 1. The molecule has 2 aliphatic rings. The van der Waals surface area contributed by atoms with Crippen molar-refractivity contribution >= 4 is 9.84 Å². The van der Waals surface area contributed by atoms with Gasteiger partial charge in [-0.1, -0.05) is 11.6 Å². The molecule has 140 valence electrons. The van der Waals surface area contributed by atoms with Gasteiger partial charge < -0.3 is 0 Å². The number of hydrogen-bond donors (Lipinski definition) is 0. The van der Waals surface area contributed by atoms with E-state index in [4.69, 9.17) is 0 Å². The van der Waals surface area contributed by atoms with E-state index in [0.717, 1.165) is 31.7 Å². The zero-order chi connectivity index (χ0) is 18.2. The van der Waals surface area contributed by atoms with Crippen molar-refractivity contribution in [2.45, 2.75) is 52.4 Å². The zero-order valence-corrected chi connectivity index (χ0v) is 16.5. The lowest BCUT2D eigenvalue weighted by molar-refractivity contribution is 0.0477. The van der Waals surface area contributed by atoms with Crippen LogP contribution in [0, 0.1) is 0 Å². The third-order valence-electron chi connectivity index (χ3n) is 5.21. The van der Waals surface area contributed by atoms with E-state index < -0.39 is 9.84 Å². The molecular weight excluding hydrogens is 336 g/mol. The fourth-order valence-corrected chi connectivity index (χ4v) is 5.84. The number of aromatic nitrogens is 2. The minimum absolute atomic E-state index is 0.0895. The fraction of sp³-hybridized carbons (Fsp3) is 0.722. The van der Waals surface area contributed by atoms with Crippen molar-refractivity contribution in [2.24, 2.45) is 0 Å². The van der Waals surface area contributed by atoms with Crippen LogP contribution in [0.2, 0.25) is 0 Å². The molecule has 3 rings (SSSR count). The Morgan fingerprint density at radius 3 is 2.48 bits per heavy atom. The van der Waals surface area contributed by atoms with E-state index in [1.807, 2.05) is 10.9 Å². The number of piperazine rings is 1. The van der Waals surface area contributed by atoms with Crippen LogP contribution in [-0.4, -0.2) is 71.2 Å². The molecule has 0 aliphatic carbocycles. The minimum Gasteiger partial charge on any atom is -0.293 e. The second kappa shape index (κ2) is 7.21. The lowest BCUT2D eigenvalue weighted by Gasteiger charge is -2.43. The first-order chi connectivity index (χ1) is 11.7. The summed E-state index contributed by atoms with van der Waals surface area (Å²) >= 11 is 0. The molecule has 3 heterocycles. The van der Waals surface area contributed by atoms with Crippen molar-refractivity contribution in [3.8, 4) is 0 Å². The van der Waals surface area contributed by atoms with Crippen molar-refractivity contribution in [2.75, 3.05) is 31.1 Å². The van der Waals surface area contributed by atoms with Crippen molar-refractivity contribution in [1.29, 1.82) is 0 Å². The first-order valence-electron chi connectivity index (χ1n) is 9.10. The highest BCUT2D eigenvalue weighted by Gasteiger charge is 2.46. The zero-order valence-electron chi connectivity index (χ0n) is 15.7. The Bertz CT molecular complexity index is 734. The molecule has 0 radical (unpaired) electrons. The Hall–Kier alpha value is -1.18. The van der Waals surface area contributed by atoms with Gasteiger partial charge in [-0.05, 0) is 27.7 Å². The van der Waals surface area contributed by atoms with Crippen LogP contribution in [0.15, 0.2) is 24.0 Å². The summed E-state index contributed by atoms with van der Waals surface area (Å²) in [5.41, 5.74) is 2.44. The summed E-state index contributed by atoms with van der Waals surface area (Å²) in [5, 5.41) is 4.41. The van der Waals surface area contributed by atoms with Gasteiger partial charge >= 0.3 is 0 Å². The largest absolute Gasteiger partial charge is 0.293 e. The molecule has 2 saturated heterocycles. The van der Waals surface area contributed by atoms with Gasteiger partial charge in [-0.15, -0.1) is 0 Å². The number of fused-ring (bicyclic) bond motifs is 1. The van der Waals surface area contributed by atoms with Crippen LogP contribution in [-0.2, 0) is 16.4 Å². The molecule has 6 nitrogen and oxygen atoms in total. The van der Waals surface area contributed by atoms with E-state index in [1.54, 1.807) is 0 Å². The van der Waals surface area contributed by atoms with Gasteiger partial charge in [0.1, 0.15) is 0 Å². The fourth-order valence-electron chi connectivity index (χ4n) is 3.80. The molecule has 25 heavy (non-hydrogen) atoms. The van der Waals surface area contributed by atoms with Gasteiger partial charge in [-0.2, -0.15) is 5.10 Å². The standard InChI is InChI=1S/C18H30N4O2S/c1-14(2)5-6-20-7-8-21(18-13-25(23,24)12-17(18)20)10-16-9-19-22(11-16)15(3)4/h5,9,11,15,17-18H,6-8,10,12-13H2,1-4H3. The van der Waals surface area contributed by atoms with E-state index in [2.05, 4.69) is 54.9 Å². The van der Waals surface area contributed by atoms with Crippen LogP contribution in [0.25, 0.3) is 0 Å². The number of sulfone groups is 1. The molecule has 0 spiro atoms. The molecule has 7 heteroatoms. The second-order valence-corrected chi connectivity index (χ2v) is 10.0. The second-order valence-electron chi connectivity index (χ2n) is 7.88. The lowest BCUT2D eigenvalue weighted by atomic mass is 10.0. The topological polar surface area (TPSA) is 58.4 Å². The minimum atomic E-state index is -2.96.